The second kappa shape index (κ2) is 5.49. The number of nitrogens with zero attached hydrogens (tertiary/aromatic N) is 1. The molecule has 94 valence electrons. The fourth-order valence-electron chi connectivity index (χ4n) is 2.46. The molecule has 2 rings (SSSR count). The summed E-state index contributed by atoms with van der Waals surface area (Å²) in [5.41, 5.74) is 8.44. The maximum absolute atomic E-state index is 8.91. The van der Waals surface area contributed by atoms with Gasteiger partial charge in [-0.2, -0.15) is 0 Å². The fourth-order valence-corrected chi connectivity index (χ4v) is 2.46. The summed E-state index contributed by atoms with van der Waals surface area (Å²) < 4.78 is 5.25. The van der Waals surface area contributed by atoms with Gasteiger partial charge in [-0.1, -0.05) is 6.07 Å². The predicted octanol–water partition coefficient (Wildman–Crippen LogP) is 0.893. The number of hydrogen-bond acceptors (Lipinski definition) is 4. The summed E-state index contributed by atoms with van der Waals surface area (Å²) in [6, 6.07) is 6.43. The first-order chi connectivity index (χ1) is 8.30. The number of methoxy groups -OCH3 is 1. The molecule has 0 saturated carbocycles. The Bertz CT molecular complexity index is 382. The maximum atomic E-state index is 8.91. The average molecular weight is 236 g/mol. The van der Waals surface area contributed by atoms with Crippen molar-refractivity contribution in [1.82, 2.24) is 4.90 Å². The summed E-state index contributed by atoms with van der Waals surface area (Å²) in [6.07, 6.45) is 0.793. The summed E-state index contributed by atoms with van der Waals surface area (Å²) >= 11 is 0. The lowest BCUT2D eigenvalue weighted by Crippen LogP contribution is -2.29. The highest BCUT2D eigenvalue weighted by atomic mass is 16.5. The highest BCUT2D eigenvalue weighted by Gasteiger charge is 2.28. The molecular formula is C13H20N2O2. The summed E-state index contributed by atoms with van der Waals surface area (Å²) in [5.74, 6) is 0.881. The average Bonchev–Trinajstić information content (AvgIpc) is 2.72. The van der Waals surface area contributed by atoms with E-state index >= 15 is 0 Å². The Morgan fingerprint density at radius 2 is 2.35 bits per heavy atom. The second-order valence-electron chi connectivity index (χ2n) is 4.36. The molecule has 1 aliphatic rings. The van der Waals surface area contributed by atoms with E-state index in [2.05, 4.69) is 17.0 Å². The van der Waals surface area contributed by atoms with E-state index in [9.17, 15) is 0 Å². The van der Waals surface area contributed by atoms with Gasteiger partial charge in [-0.05, 0) is 29.7 Å². The van der Waals surface area contributed by atoms with Crippen LogP contribution in [0.15, 0.2) is 18.2 Å². The van der Waals surface area contributed by atoms with Crippen LogP contribution in [0.4, 0.5) is 0 Å². The number of fused-ring (bicyclic) bond motifs is 1. The van der Waals surface area contributed by atoms with Crippen molar-refractivity contribution in [1.29, 1.82) is 0 Å². The molecule has 1 unspecified atom stereocenters. The maximum Gasteiger partial charge on any atom is 0.119 e. The molecule has 1 aromatic rings. The lowest BCUT2D eigenvalue weighted by atomic mass is 10.0. The van der Waals surface area contributed by atoms with Crippen LogP contribution in [0.1, 0.15) is 23.6 Å². The van der Waals surface area contributed by atoms with E-state index in [0.29, 0.717) is 6.54 Å². The Balaban J connectivity index is 2.19. The molecule has 0 aromatic heterocycles. The quantitative estimate of drug-likeness (QED) is 0.797. The zero-order valence-corrected chi connectivity index (χ0v) is 10.2. The number of aliphatic hydroxyl groups excluding tert-OH is 1. The van der Waals surface area contributed by atoms with Crippen LogP contribution < -0.4 is 10.5 Å². The van der Waals surface area contributed by atoms with Crippen molar-refractivity contribution in [3.05, 3.63) is 29.3 Å². The van der Waals surface area contributed by atoms with Gasteiger partial charge in [0.25, 0.3) is 0 Å². The fraction of sp³-hybridized carbons (Fsp3) is 0.538. The number of rotatable bonds is 5. The van der Waals surface area contributed by atoms with Crippen LogP contribution in [0.3, 0.4) is 0 Å². The largest absolute Gasteiger partial charge is 0.497 e. The highest BCUT2D eigenvalue weighted by Crippen LogP contribution is 2.35. The van der Waals surface area contributed by atoms with Gasteiger partial charge >= 0.3 is 0 Å². The van der Waals surface area contributed by atoms with E-state index in [1.165, 1.54) is 11.1 Å². The van der Waals surface area contributed by atoms with Crippen molar-refractivity contribution in [2.75, 3.05) is 26.8 Å². The first-order valence-corrected chi connectivity index (χ1v) is 6.02. The molecule has 1 aromatic carbocycles. The Kier molecular flexibility index (Phi) is 3.99. The molecular weight excluding hydrogens is 216 g/mol. The Hall–Kier alpha value is -1.10. The molecule has 4 nitrogen and oxygen atoms in total. The van der Waals surface area contributed by atoms with Crippen molar-refractivity contribution < 1.29 is 9.84 Å². The van der Waals surface area contributed by atoms with E-state index in [0.717, 1.165) is 25.3 Å². The molecule has 0 spiro atoms. The van der Waals surface area contributed by atoms with Crippen LogP contribution in [0, 0.1) is 0 Å². The van der Waals surface area contributed by atoms with Gasteiger partial charge in [0.15, 0.2) is 0 Å². The van der Waals surface area contributed by atoms with Crippen LogP contribution in [0.5, 0.6) is 5.75 Å². The van der Waals surface area contributed by atoms with Crippen LogP contribution in [0.2, 0.25) is 0 Å². The van der Waals surface area contributed by atoms with Gasteiger partial charge in [0.05, 0.1) is 7.11 Å². The molecule has 0 aliphatic carbocycles. The molecule has 1 atom stereocenters. The predicted molar refractivity (Wildman–Crippen MR) is 66.9 cm³/mol. The van der Waals surface area contributed by atoms with Crippen molar-refractivity contribution in [3.63, 3.8) is 0 Å². The Morgan fingerprint density at radius 1 is 1.53 bits per heavy atom. The minimum Gasteiger partial charge on any atom is -0.497 e. The van der Waals surface area contributed by atoms with Crippen LogP contribution in [-0.2, 0) is 6.54 Å². The van der Waals surface area contributed by atoms with Gasteiger partial charge in [-0.3, -0.25) is 4.90 Å². The van der Waals surface area contributed by atoms with Crippen LogP contribution in [0.25, 0.3) is 0 Å². The van der Waals surface area contributed by atoms with E-state index in [1.807, 2.05) is 6.07 Å². The third-order valence-corrected chi connectivity index (χ3v) is 3.35. The lowest BCUT2D eigenvalue weighted by Gasteiger charge is -2.23. The topological polar surface area (TPSA) is 58.7 Å². The first kappa shape index (κ1) is 12.4. The van der Waals surface area contributed by atoms with Gasteiger partial charge in [0.1, 0.15) is 5.75 Å². The van der Waals surface area contributed by atoms with E-state index in [-0.39, 0.29) is 12.6 Å². The Morgan fingerprint density at radius 3 is 3.00 bits per heavy atom. The minimum atomic E-state index is 0.230. The normalized spacial score (nSPS) is 19.4. The number of nitrogens with two attached hydrogens (primary N) is 1. The van der Waals surface area contributed by atoms with Crippen LogP contribution in [-0.4, -0.2) is 36.8 Å². The van der Waals surface area contributed by atoms with Crippen molar-refractivity contribution in [2.24, 2.45) is 5.73 Å². The molecule has 0 radical (unpaired) electrons. The van der Waals surface area contributed by atoms with Gasteiger partial charge in [0, 0.05) is 32.3 Å². The number of ether oxygens (including phenoxy) is 1. The Labute approximate surface area is 102 Å². The summed E-state index contributed by atoms with van der Waals surface area (Å²) in [5, 5.41) is 8.91. The van der Waals surface area contributed by atoms with Crippen molar-refractivity contribution >= 4 is 0 Å². The SMILES string of the molecule is COc1ccc2c(c1)C(CN)N(CCCO)C2. The lowest BCUT2D eigenvalue weighted by molar-refractivity contribution is 0.190. The highest BCUT2D eigenvalue weighted by molar-refractivity contribution is 5.40. The molecule has 1 heterocycles. The molecule has 0 saturated heterocycles. The molecule has 4 heteroatoms. The summed E-state index contributed by atoms with van der Waals surface area (Å²) in [6.45, 7) is 2.63. The van der Waals surface area contributed by atoms with Crippen LogP contribution >= 0.6 is 0 Å². The summed E-state index contributed by atoms with van der Waals surface area (Å²) in [4.78, 5) is 2.32. The molecule has 0 fully saturated rings. The zero-order valence-electron chi connectivity index (χ0n) is 10.2. The molecule has 17 heavy (non-hydrogen) atoms. The minimum absolute atomic E-state index is 0.230. The third-order valence-electron chi connectivity index (χ3n) is 3.35. The smallest absolute Gasteiger partial charge is 0.119 e. The van der Waals surface area contributed by atoms with Gasteiger partial charge in [-0.15, -0.1) is 0 Å². The molecule has 3 N–H and O–H groups in total. The molecule has 1 aliphatic heterocycles. The number of hydrogen-bond donors (Lipinski definition) is 2. The second-order valence-corrected chi connectivity index (χ2v) is 4.36. The van der Waals surface area contributed by atoms with Gasteiger partial charge in [-0.25, -0.2) is 0 Å². The third kappa shape index (κ3) is 2.44. The molecule has 0 bridgehead atoms. The molecule has 0 amide bonds. The van der Waals surface area contributed by atoms with E-state index < -0.39 is 0 Å². The summed E-state index contributed by atoms with van der Waals surface area (Å²) in [7, 11) is 1.68. The van der Waals surface area contributed by atoms with Gasteiger partial charge in [0.2, 0.25) is 0 Å². The first-order valence-electron chi connectivity index (χ1n) is 6.02. The van der Waals surface area contributed by atoms with Crippen molar-refractivity contribution in [3.8, 4) is 5.75 Å². The van der Waals surface area contributed by atoms with Gasteiger partial charge < -0.3 is 15.6 Å². The number of benzene rings is 1. The zero-order chi connectivity index (χ0) is 12.3. The monoisotopic (exact) mass is 236 g/mol. The van der Waals surface area contributed by atoms with E-state index in [1.54, 1.807) is 7.11 Å². The number of aliphatic hydroxyl groups is 1. The van der Waals surface area contributed by atoms with E-state index in [4.69, 9.17) is 15.6 Å². The van der Waals surface area contributed by atoms with Crippen molar-refractivity contribution in [2.45, 2.75) is 19.0 Å². The standard InChI is InChI=1S/C13H20N2O2/c1-17-11-4-3-10-9-15(5-2-6-16)13(8-14)12(10)7-11/h3-4,7,13,16H,2,5-6,8-9,14H2,1H3.